The molecular weight excluding hydrogens is 614 g/mol. The summed E-state index contributed by atoms with van der Waals surface area (Å²) < 4.78 is 0. The summed E-state index contributed by atoms with van der Waals surface area (Å²) >= 11 is 1.41. The number of rotatable bonds is 16. The lowest BCUT2D eigenvalue weighted by molar-refractivity contribution is -0.138. The Hall–Kier alpha value is -2.86. The van der Waals surface area contributed by atoms with Gasteiger partial charge in [-0.1, -0.05) is 76.3 Å². The van der Waals surface area contributed by atoms with Crippen LogP contribution in [0, 0.1) is 17.8 Å². The first kappa shape index (κ1) is 37.0. The van der Waals surface area contributed by atoms with Crippen molar-refractivity contribution in [1.82, 2.24) is 25.4 Å². The molecule has 2 aromatic rings. The number of amides is 3. The Morgan fingerprint density at radius 2 is 1.66 bits per heavy atom. The Morgan fingerprint density at radius 3 is 2.30 bits per heavy atom. The van der Waals surface area contributed by atoms with Gasteiger partial charge >= 0.3 is 0 Å². The molecule has 4 N–H and O–H groups in total. The maximum Gasteiger partial charge on any atom is 0.243 e. The molecule has 4 rings (SSSR count). The van der Waals surface area contributed by atoms with Crippen LogP contribution in [0.4, 0.5) is 0 Å². The van der Waals surface area contributed by atoms with Crippen molar-refractivity contribution in [3.8, 4) is 0 Å². The van der Waals surface area contributed by atoms with Crippen molar-refractivity contribution in [2.75, 3.05) is 33.2 Å². The molecule has 1 saturated carbocycles. The number of thiazole rings is 1. The van der Waals surface area contributed by atoms with Gasteiger partial charge in [0.2, 0.25) is 17.7 Å². The van der Waals surface area contributed by atoms with Gasteiger partial charge in [-0.2, -0.15) is 0 Å². The van der Waals surface area contributed by atoms with E-state index in [4.69, 9.17) is 0 Å². The van der Waals surface area contributed by atoms with Gasteiger partial charge < -0.3 is 30.6 Å². The van der Waals surface area contributed by atoms with Crippen LogP contribution in [0.2, 0.25) is 0 Å². The highest BCUT2D eigenvalue weighted by Gasteiger charge is 2.35. The van der Waals surface area contributed by atoms with E-state index in [9.17, 15) is 24.6 Å². The summed E-state index contributed by atoms with van der Waals surface area (Å²) in [4.78, 5) is 49.9. The van der Waals surface area contributed by atoms with Crippen molar-refractivity contribution >= 4 is 29.1 Å². The molecule has 5 atom stereocenters. The van der Waals surface area contributed by atoms with E-state index in [1.807, 2.05) is 61.5 Å². The van der Waals surface area contributed by atoms with Crippen LogP contribution in [-0.4, -0.2) is 100 Å². The third-order valence-electron chi connectivity index (χ3n) is 9.66. The summed E-state index contributed by atoms with van der Waals surface area (Å²) in [6, 6.07) is 8.00. The van der Waals surface area contributed by atoms with E-state index in [0.717, 1.165) is 44.3 Å². The molecule has 1 aromatic carbocycles. The molecule has 1 aliphatic heterocycles. The summed E-state index contributed by atoms with van der Waals surface area (Å²) in [7, 11) is 2.03. The fourth-order valence-corrected chi connectivity index (χ4v) is 7.41. The average Bonchev–Trinajstić information content (AvgIpc) is 3.57. The Labute approximate surface area is 284 Å². The van der Waals surface area contributed by atoms with E-state index in [2.05, 4.69) is 20.5 Å². The van der Waals surface area contributed by atoms with Crippen molar-refractivity contribution < 1.29 is 24.6 Å². The van der Waals surface area contributed by atoms with Crippen molar-refractivity contribution in [2.24, 2.45) is 17.8 Å². The highest BCUT2D eigenvalue weighted by molar-refractivity contribution is 7.07. The van der Waals surface area contributed by atoms with E-state index in [1.165, 1.54) is 17.8 Å². The zero-order valence-electron chi connectivity index (χ0n) is 28.4. The van der Waals surface area contributed by atoms with E-state index in [-0.39, 0.29) is 30.6 Å². The van der Waals surface area contributed by atoms with Crippen LogP contribution in [0.3, 0.4) is 0 Å². The summed E-state index contributed by atoms with van der Waals surface area (Å²) in [6.45, 7) is 6.80. The minimum Gasteiger partial charge on any atom is -0.390 e. The zero-order valence-corrected chi connectivity index (χ0v) is 29.2. The summed E-state index contributed by atoms with van der Waals surface area (Å²) in [5, 5.41) is 30.1. The number of piperazine rings is 1. The molecule has 1 aromatic heterocycles. The second-order valence-corrected chi connectivity index (χ2v) is 14.8. The highest BCUT2D eigenvalue weighted by Crippen LogP contribution is 2.29. The van der Waals surface area contributed by atoms with Crippen molar-refractivity contribution in [3.63, 3.8) is 0 Å². The molecule has 2 aliphatic rings. The number of hydrogen-bond donors (Lipinski definition) is 4. The Bertz CT molecular complexity index is 1230. The van der Waals surface area contributed by atoms with Gasteiger partial charge in [0.1, 0.15) is 12.1 Å². The standard InChI is InChI=1S/C36H55N5O5S/c1-25(2)18-32(42)34(44)30(20-27-12-8-5-9-13-27)38-36(46)31(22-29-23-47-24-37-29)39-35(45)28(19-26-10-6-4-7-11-26)21-33(43)41-16-14-40(3)15-17-41/h4,6-7,10-11,23-25,27-28,30-32,34,42,44H,5,8-9,12-22H2,1-3H3,(H,38,46)(H,39,45). The first-order valence-corrected chi connectivity index (χ1v) is 18.4. The van der Waals surface area contributed by atoms with Crippen LogP contribution < -0.4 is 10.6 Å². The number of carbonyl (C=O) groups is 3. The van der Waals surface area contributed by atoms with Crippen LogP contribution in [0.25, 0.3) is 0 Å². The predicted octanol–water partition coefficient (Wildman–Crippen LogP) is 3.42. The molecule has 1 aliphatic carbocycles. The largest absolute Gasteiger partial charge is 0.390 e. The second kappa shape index (κ2) is 18.6. The summed E-state index contributed by atoms with van der Waals surface area (Å²) in [5.41, 5.74) is 3.30. The van der Waals surface area contributed by atoms with Crippen molar-refractivity contribution in [1.29, 1.82) is 0 Å². The van der Waals surface area contributed by atoms with E-state index in [1.54, 1.807) is 5.51 Å². The van der Waals surface area contributed by atoms with Crippen molar-refractivity contribution in [2.45, 2.75) is 102 Å². The third kappa shape index (κ3) is 12.0. The fraction of sp³-hybridized carbons (Fsp3) is 0.667. The van der Waals surface area contributed by atoms with Crippen molar-refractivity contribution in [3.05, 3.63) is 52.5 Å². The first-order valence-electron chi connectivity index (χ1n) is 17.4. The van der Waals surface area contributed by atoms with Crippen LogP contribution in [0.15, 0.2) is 41.2 Å². The normalized spacial score (nSPS) is 19.5. The average molecular weight is 670 g/mol. The number of likely N-dealkylation sites (N-methyl/N-ethyl adjacent to an activating group) is 1. The maximum absolute atomic E-state index is 14.1. The van der Waals surface area contributed by atoms with Gasteiger partial charge in [0, 0.05) is 44.4 Å². The molecular formula is C36H55N5O5S. The van der Waals surface area contributed by atoms with E-state index in [0.29, 0.717) is 44.0 Å². The zero-order chi connectivity index (χ0) is 33.8. The Kier molecular flexibility index (Phi) is 14.6. The molecule has 3 amide bonds. The highest BCUT2D eigenvalue weighted by atomic mass is 32.1. The number of aromatic nitrogens is 1. The lowest BCUT2D eigenvalue weighted by atomic mass is 9.82. The van der Waals surface area contributed by atoms with Crippen LogP contribution >= 0.6 is 11.3 Å². The molecule has 11 heteroatoms. The molecule has 10 nitrogen and oxygen atoms in total. The molecule has 0 radical (unpaired) electrons. The number of carbonyl (C=O) groups excluding carboxylic acids is 3. The fourth-order valence-electron chi connectivity index (χ4n) is 6.84. The minimum atomic E-state index is -1.13. The van der Waals surface area contributed by atoms with Gasteiger partial charge in [-0.25, -0.2) is 4.98 Å². The Balaban J connectivity index is 1.53. The molecule has 2 heterocycles. The lowest BCUT2D eigenvalue weighted by Crippen LogP contribution is -2.56. The molecule has 260 valence electrons. The molecule has 5 unspecified atom stereocenters. The van der Waals surface area contributed by atoms with E-state index >= 15 is 0 Å². The number of nitrogens with zero attached hydrogens (tertiary/aromatic N) is 3. The van der Waals surface area contributed by atoms with Crippen LogP contribution in [0.5, 0.6) is 0 Å². The molecule has 47 heavy (non-hydrogen) atoms. The smallest absolute Gasteiger partial charge is 0.243 e. The van der Waals surface area contributed by atoms with Gasteiger partial charge in [-0.05, 0) is 43.7 Å². The number of nitrogens with one attached hydrogen (secondary N) is 2. The molecule has 2 fully saturated rings. The third-order valence-corrected chi connectivity index (χ3v) is 10.3. The summed E-state index contributed by atoms with van der Waals surface area (Å²) in [6.07, 6.45) is 4.93. The SMILES string of the molecule is CC(C)CC(O)C(O)C(CC1CCCCC1)NC(=O)C(Cc1cscn1)NC(=O)C(CC(=O)N1CCN(C)CC1)Cc1ccccc1. The van der Waals surface area contributed by atoms with Gasteiger partial charge in [0.15, 0.2) is 0 Å². The van der Waals surface area contributed by atoms with Crippen LogP contribution in [-0.2, 0) is 27.2 Å². The number of hydrogen-bond acceptors (Lipinski definition) is 8. The summed E-state index contributed by atoms with van der Waals surface area (Å²) in [5.74, 6) is -1.01. The quantitative estimate of drug-likeness (QED) is 0.215. The van der Waals surface area contributed by atoms with Gasteiger partial charge in [0.25, 0.3) is 0 Å². The number of benzene rings is 1. The molecule has 1 saturated heterocycles. The second-order valence-electron chi connectivity index (χ2n) is 14.1. The van der Waals surface area contributed by atoms with Gasteiger partial charge in [-0.3, -0.25) is 14.4 Å². The predicted molar refractivity (Wildman–Crippen MR) is 185 cm³/mol. The molecule has 0 bridgehead atoms. The number of aliphatic hydroxyl groups excluding tert-OH is 2. The lowest BCUT2D eigenvalue weighted by Gasteiger charge is -2.34. The first-order chi connectivity index (χ1) is 22.6. The Morgan fingerprint density at radius 1 is 0.957 bits per heavy atom. The topological polar surface area (TPSA) is 135 Å². The maximum atomic E-state index is 14.1. The minimum absolute atomic E-state index is 0.0416. The molecule has 0 spiro atoms. The van der Waals surface area contributed by atoms with Gasteiger partial charge in [0.05, 0.1) is 29.3 Å². The van der Waals surface area contributed by atoms with Crippen LogP contribution in [0.1, 0.15) is 76.5 Å². The van der Waals surface area contributed by atoms with E-state index < -0.39 is 36.1 Å². The van der Waals surface area contributed by atoms with Gasteiger partial charge in [-0.15, -0.1) is 11.3 Å². The monoisotopic (exact) mass is 669 g/mol. The number of aliphatic hydroxyl groups is 2.